The molecule has 1 N–H and O–H groups in total. The molecule has 21 heavy (non-hydrogen) atoms. The Labute approximate surface area is 123 Å². The van der Waals surface area contributed by atoms with Crippen LogP contribution in [0.15, 0.2) is 65.1 Å². The average Bonchev–Trinajstić information content (AvgIpc) is 2.78. The third-order valence-corrected chi connectivity index (χ3v) is 3.28. The molecule has 0 unspecified atom stereocenters. The summed E-state index contributed by atoms with van der Waals surface area (Å²) < 4.78 is 0. The molecule has 2 aliphatic rings. The number of terminal acetylenes is 1. The molecule has 0 bridgehead atoms. The van der Waals surface area contributed by atoms with E-state index in [1.54, 1.807) is 24.5 Å². The molecular formula is C18H11N3. The smallest absolute Gasteiger partial charge is 0.0998 e. The molecule has 98 valence electrons. The van der Waals surface area contributed by atoms with Crippen molar-refractivity contribution >= 4 is 11.8 Å². The van der Waals surface area contributed by atoms with Crippen molar-refractivity contribution in [2.75, 3.05) is 0 Å². The molecule has 0 saturated carbocycles. The minimum absolute atomic E-state index is 0.562. The van der Waals surface area contributed by atoms with Gasteiger partial charge in [0.1, 0.15) is 0 Å². The number of hydrogen-bond donors (Lipinski definition) is 1. The van der Waals surface area contributed by atoms with Crippen LogP contribution >= 0.6 is 0 Å². The molecule has 0 aliphatic carbocycles. The van der Waals surface area contributed by atoms with Crippen molar-refractivity contribution < 1.29 is 0 Å². The van der Waals surface area contributed by atoms with E-state index in [0.29, 0.717) is 11.1 Å². The fraction of sp³-hybridized carbons (Fsp3) is 0. The Hall–Kier alpha value is -3.30. The maximum Gasteiger partial charge on any atom is 0.0998 e. The Morgan fingerprint density at radius 2 is 2.05 bits per heavy atom. The largest absolute Gasteiger partial charge is 0.361 e. The van der Waals surface area contributed by atoms with Crippen molar-refractivity contribution in [1.29, 1.82) is 5.26 Å². The van der Waals surface area contributed by atoms with Gasteiger partial charge in [-0.05, 0) is 30.4 Å². The van der Waals surface area contributed by atoms with Crippen LogP contribution in [0.4, 0.5) is 0 Å². The van der Waals surface area contributed by atoms with E-state index in [2.05, 4.69) is 22.3 Å². The van der Waals surface area contributed by atoms with Gasteiger partial charge in [-0.2, -0.15) is 5.26 Å². The van der Waals surface area contributed by atoms with E-state index in [-0.39, 0.29) is 0 Å². The number of benzene rings is 1. The average molecular weight is 269 g/mol. The maximum atomic E-state index is 9.31. The summed E-state index contributed by atoms with van der Waals surface area (Å²) in [5.41, 5.74) is 4.83. The van der Waals surface area contributed by atoms with Crippen LogP contribution in [0.3, 0.4) is 0 Å². The van der Waals surface area contributed by atoms with Gasteiger partial charge in [-0.15, -0.1) is 6.42 Å². The monoisotopic (exact) mass is 269 g/mol. The summed E-state index contributed by atoms with van der Waals surface area (Å²) >= 11 is 0. The van der Waals surface area contributed by atoms with Crippen molar-refractivity contribution in [2.24, 2.45) is 4.99 Å². The van der Waals surface area contributed by atoms with Crippen LogP contribution < -0.4 is 5.32 Å². The summed E-state index contributed by atoms with van der Waals surface area (Å²) in [6.07, 6.45) is 16.7. The van der Waals surface area contributed by atoms with Crippen molar-refractivity contribution in [3.63, 3.8) is 0 Å². The predicted molar refractivity (Wildman–Crippen MR) is 84.0 cm³/mol. The predicted octanol–water partition coefficient (Wildman–Crippen LogP) is 2.89. The lowest BCUT2D eigenvalue weighted by Crippen LogP contribution is -2.14. The van der Waals surface area contributed by atoms with Crippen LogP contribution in [-0.2, 0) is 0 Å². The van der Waals surface area contributed by atoms with Crippen molar-refractivity contribution in [3.8, 4) is 18.4 Å². The molecule has 1 aromatic carbocycles. The van der Waals surface area contributed by atoms with Crippen LogP contribution in [0.1, 0.15) is 16.7 Å². The Bertz CT molecular complexity index is 802. The minimum Gasteiger partial charge on any atom is -0.361 e. The third kappa shape index (κ3) is 2.29. The van der Waals surface area contributed by atoms with Gasteiger partial charge in [-0.1, -0.05) is 12.0 Å². The van der Waals surface area contributed by atoms with E-state index in [0.717, 1.165) is 22.4 Å². The Morgan fingerprint density at radius 3 is 2.86 bits per heavy atom. The first-order valence-corrected chi connectivity index (χ1v) is 6.42. The van der Waals surface area contributed by atoms with E-state index >= 15 is 0 Å². The van der Waals surface area contributed by atoms with Gasteiger partial charge in [0.05, 0.1) is 11.6 Å². The lowest BCUT2D eigenvalue weighted by atomic mass is 9.92. The number of rotatable bonds is 1. The summed E-state index contributed by atoms with van der Waals surface area (Å²) in [6.45, 7) is 0. The highest BCUT2D eigenvalue weighted by molar-refractivity contribution is 5.94. The maximum absolute atomic E-state index is 9.31. The van der Waals surface area contributed by atoms with Crippen LogP contribution in [-0.4, -0.2) is 6.21 Å². The second-order valence-corrected chi connectivity index (χ2v) is 4.53. The first kappa shape index (κ1) is 12.7. The molecule has 0 saturated heterocycles. The number of dihydropyridines is 1. The number of allylic oxidation sites excluding steroid dienone is 5. The number of nitrogens with zero attached hydrogens (tertiary/aromatic N) is 2. The van der Waals surface area contributed by atoms with Gasteiger partial charge in [0.25, 0.3) is 0 Å². The van der Waals surface area contributed by atoms with Gasteiger partial charge in [0.2, 0.25) is 0 Å². The van der Waals surface area contributed by atoms with Gasteiger partial charge >= 0.3 is 0 Å². The highest BCUT2D eigenvalue weighted by atomic mass is 14.9. The normalized spacial score (nSPS) is 15.4. The molecule has 3 heteroatoms. The molecule has 2 aliphatic heterocycles. The van der Waals surface area contributed by atoms with Gasteiger partial charge < -0.3 is 5.32 Å². The summed E-state index contributed by atoms with van der Waals surface area (Å²) in [5, 5.41) is 12.5. The molecule has 0 fully saturated rings. The lowest BCUT2D eigenvalue weighted by Gasteiger charge is -2.17. The molecule has 0 atom stereocenters. The topological polar surface area (TPSA) is 48.2 Å². The Kier molecular flexibility index (Phi) is 3.25. The second kappa shape index (κ2) is 5.36. The van der Waals surface area contributed by atoms with Crippen LogP contribution in [0.5, 0.6) is 0 Å². The van der Waals surface area contributed by atoms with E-state index in [1.165, 1.54) is 0 Å². The number of nitrogens with one attached hydrogen (secondary N) is 1. The van der Waals surface area contributed by atoms with Crippen LogP contribution in [0, 0.1) is 23.7 Å². The molecular weight excluding hydrogens is 258 g/mol. The molecule has 3 nitrogen and oxygen atoms in total. The first-order valence-electron chi connectivity index (χ1n) is 6.42. The number of fused-ring (bicyclic) bond motifs is 1. The molecule has 0 radical (unpaired) electrons. The van der Waals surface area contributed by atoms with Gasteiger partial charge in [0.15, 0.2) is 0 Å². The van der Waals surface area contributed by atoms with E-state index in [9.17, 15) is 5.26 Å². The number of hydrogen-bond acceptors (Lipinski definition) is 3. The standard InChI is InChI=1S/C18H11N3/c1-2-13-5-3-6-14(10-19)18(13)16-9-15-11-20-8-4-7-17(15)21-12-16/h1,3-9,11-12,21H. The van der Waals surface area contributed by atoms with E-state index < -0.39 is 0 Å². The SMILES string of the molecule is C#Cc1cccc(C#N)c1C1=CNC2=CC=CN=CC2=C1. The van der Waals surface area contributed by atoms with Gasteiger partial charge in [-0.3, -0.25) is 4.99 Å². The van der Waals surface area contributed by atoms with E-state index in [4.69, 9.17) is 6.42 Å². The molecule has 1 aromatic rings. The Balaban J connectivity index is 2.15. The zero-order valence-corrected chi connectivity index (χ0v) is 11.2. The fourth-order valence-corrected chi connectivity index (χ4v) is 2.31. The summed E-state index contributed by atoms with van der Waals surface area (Å²) in [7, 11) is 0. The molecule has 0 amide bonds. The minimum atomic E-state index is 0.562. The summed E-state index contributed by atoms with van der Waals surface area (Å²) in [5.74, 6) is 2.64. The number of aliphatic imine (C=N–C) groups is 1. The van der Waals surface area contributed by atoms with Gasteiger partial charge in [0, 0.05) is 46.6 Å². The van der Waals surface area contributed by atoms with Gasteiger partial charge in [-0.25, -0.2) is 0 Å². The lowest BCUT2D eigenvalue weighted by molar-refractivity contribution is 1.09. The molecule has 0 spiro atoms. The van der Waals surface area contributed by atoms with Crippen LogP contribution in [0.2, 0.25) is 0 Å². The summed E-state index contributed by atoms with van der Waals surface area (Å²) in [4.78, 5) is 4.17. The van der Waals surface area contributed by atoms with Crippen molar-refractivity contribution in [2.45, 2.75) is 0 Å². The fourth-order valence-electron chi connectivity index (χ4n) is 2.31. The van der Waals surface area contributed by atoms with Crippen molar-refractivity contribution in [1.82, 2.24) is 5.32 Å². The van der Waals surface area contributed by atoms with Crippen LogP contribution in [0.25, 0.3) is 5.57 Å². The van der Waals surface area contributed by atoms with E-state index in [1.807, 2.05) is 30.5 Å². The molecule has 0 aromatic heterocycles. The zero-order chi connectivity index (χ0) is 14.7. The first-order chi connectivity index (χ1) is 10.3. The third-order valence-electron chi connectivity index (χ3n) is 3.28. The van der Waals surface area contributed by atoms with Crippen molar-refractivity contribution in [3.05, 3.63) is 76.8 Å². The molecule has 3 rings (SSSR count). The Morgan fingerprint density at radius 1 is 1.19 bits per heavy atom. The summed E-state index contributed by atoms with van der Waals surface area (Å²) in [6, 6.07) is 7.60. The number of nitriles is 1. The quantitative estimate of drug-likeness (QED) is 0.797. The molecule has 2 heterocycles. The highest BCUT2D eigenvalue weighted by Gasteiger charge is 2.16. The second-order valence-electron chi connectivity index (χ2n) is 4.53. The highest BCUT2D eigenvalue weighted by Crippen LogP contribution is 2.28. The zero-order valence-electron chi connectivity index (χ0n) is 11.2.